The number of esters is 1. The summed E-state index contributed by atoms with van der Waals surface area (Å²) in [6, 6.07) is 7.87. The smallest absolute Gasteiger partial charge is 0.308 e. The van der Waals surface area contributed by atoms with Crippen LogP contribution in [0.5, 0.6) is 5.75 Å². The molecule has 0 saturated carbocycles. The average molecular weight is 433 g/mol. The van der Waals surface area contributed by atoms with E-state index < -0.39 is 6.10 Å². The molecule has 0 bridgehead atoms. The molecule has 9 heteroatoms. The quantitative estimate of drug-likeness (QED) is 0.561. The third kappa shape index (κ3) is 7.02. The summed E-state index contributed by atoms with van der Waals surface area (Å²) < 4.78 is 15.3. The number of β-amino-alcohol motifs (C(OH)–C–C–N with tert-alkyl or cyclic N) is 1. The van der Waals surface area contributed by atoms with E-state index in [1.54, 1.807) is 0 Å². The molecule has 0 aliphatic carbocycles. The van der Waals surface area contributed by atoms with Crippen molar-refractivity contribution in [3.63, 3.8) is 0 Å². The van der Waals surface area contributed by atoms with Crippen molar-refractivity contribution >= 4 is 5.97 Å². The number of ether oxygens (including phenoxy) is 2. The van der Waals surface area contributed by atoms with Crippen molar-refractivity contribution < 1.29 is 24.0 Å². The maximum atomic E-state index is 11.6. The second-order valence-electron chi connectivity index (χ2n) is 8.18. The minimum absolute atomic E-state index is 0.0242. The first-order valence-corrected chi connectivity index (χ1v) is 10.6. The molecule has 0 unspecified atom stereocenters. The number of aliphatic hydroxyl groups excluding tert-OH is 1. The van der Waals surface area contributed by atoms with Gasteiger partial charge < -0.3 is 19.5 Å². The molecule has 9 nitrogen and oxygen atoms in total. The van der Waals surface area contributed by atoms with Crippen LogP contribution in [0.4, 0.5) is 0 Å². The Morgan fingerprint density at radius 3 is 2.58 bits per heavy atom. The number of aliphatic hydroxyl groups is 1. The van der Waals surface area contributed by atoms with Crippen LogP contribution in [0.2, 0.25) is 0 Å². The van der Waals surface area contributed by atoms with E-state index in [0.29, 0.717) is 13.1 Å². The van der Waals surface area contributed by atoms with Gasteiger partial charge in [-0.05, 0) is 57.6 Å². The van der Waals surface area contributed by atoms with Gasteiger partial charge >= 0.3 is 5.97 Å². The number of nitrogens with zero attached hydrogens (tertiary/aromatic N) is 4. The van der Waals surface area contributed by atoms with Crippen LogP contribution in [0.25, 0.3) is 0 Å². The second-order valence-corrected chi connectivity index (χ2v) is 8.18. The molecule has 1 aliphatic rings. The Hall–Kier alpha value is -2.49. The minimum Gasteiger partial charge on any atom is -0.491 e. The molecule has 31 heavy (non-hydrogen) atoms. The first-order valence-electron chi connectivity index (χ1n) is 10.6. The minimum atomic E-state index is -0.584. The van der Waals surface area contributed by atoms with Crippen LogP contribution >= 0.6 is 0 Å². The van der Waals surface area contributed by atoms with E-state index in [9.17, 15) is 9.90 Å². The lowest BCUT2D eigenvalue weighted by atomic mass is 9.97. The fraction of sp³-hybridized carbons (Fsp3) is 0.591. The third-order valence-corrected chi connectivity index (χ3v) is 5.58. The van der Waals surface area contributed by atoms with Gasteiger partial charge in [0.05, 0.1) is 13.0 Å². The number of aromatic nitrogens is 2. The molecule has 1 saturated heterocycles. The van der Waals surface area contributed by atoms with E-state index in [0.717, 1.165) is 55.2 Å². The van der Waals surface area contributed by atoms with Crippen molar-refractivity contribution in [1.29, 1.82) is 0 Å². The summed E-state index contributed by atoms with van der Waals surface area (Å²) in [6.07, 6.45) is 0.950. The summed E-state index contributed by atoms with van der Waals surface area (Å²) in [6.45, 7) is 5.63. The molecule has 2 aromatic rings. The summed E-state index contributed by atoms with van der Waals surface area (Å²) in [4.78, 5) is 15.9. The van der Waals surface area contributed by atoms with E-state index in [1.807, 2.05) is 38.2 Å². The number of rotatable bonds is 10. The van der Waals surface area contributed by atoms with E-state index >= 15 is 0 Å². The maximum absolute atomic E-state index is 11.6. The standard InChI is InChI=1S/C22H32N4O5/c1-16-21(24-31-23-16)14-25(2)12-17-4-6-20(7-5-17)30-15-19(27)13-26-10-8-18(9-11-26)22(28)29-3/h4-7,18-19,27H,8-15H2,1-3H3/t19-/m0/s1. The topological polar surface area (TPSA) is 101 Å². The van der Waals surface area contributed by atoms with Crippen molar-refractivity contribution in [3.8, 4) is 5.75 Å². The van der Waals surface area contributed by atoms with Crippen LogP contribution in [-0.2, 0) is 22.6 Å². The number of likely N-dealkylation sites (tertiary alicyclic amines) is 1. The van der Waals surface area contributed by atoms with Crippen LogP contribution in [0.15, 0.2) is 28.9 Å². The summed E-state index contributed by atoms with van der Waals surface area (Å²) in [5.41, 5.74) is 2.80. The lowest BCUT2D eigenvalue weighted by Gasteiger charge is -2.31. The van der Waals surface area contributed by atoms with Gasteiger partial charge in [-0.15, -0.1) is 0 Å². The van der Waals surface area contributed by atoms with Crippen LogP contribution in [0.1, 0.15) is 29.8 Å². The lowest BCUT2D eigenvalue weighted by molar-refractivity contribution is -0.147. The van der Waals surface area contributed by atoms with E-state index in [4.69, 9.17) is 14.1 Å². The van der Waals surface area contributed by atoms with Crippen LogP contribution in [0.3, 0.4) is 0 Å². The van der Waals surface area contributed by atoms with Gasteiger partial charge in [-0.2, -0.15) is 0 Å². The van der Waals surface area contributed by atoms with Crippen molar-refractivity contribution in [1.82, 2.24) is 20.1 Å². The monoisotopic (exact) mass is 432 g/mol. The average Bonchev–Trinajstić information content (AvgIpc) is 3.17. The highest BCUT2D eigenvalue weighted by molar-refractivity contribution is 5.72. The number of carbonyl (C=O) groups is 1. The van der Waals surface area contributed by atoms with E-state index in [2.05, 4.69) is 20.1 Å². The zero-order valence-electron chi connectivity index (χ0n) is 18.5. The van der Waals surface area contributed by atoms with Crippen LogP contribution < -0.4 is 4.74 Å². The van der Waals surface area contributed by atoms with Crippen LogP contribution in [-0.4, -0.2) is 77.7 Å². The van der Waals surface area contributed by atoms with Gasteiger partial charge in [0.15, 0.2) is 0 Å². The zero-order chi connectivity index (χ0) is 22.2. The summed E-state index contributed by atoms with van der Waals surface area (Å²) in [5, 5.41) is 18.0. The van der Waals surface area contributed by atoms with E-state index in [-0.39, 0.29) is 18.5 Å². The molecule has 1 aromatic carbocycles. The molecule has 170 valence electrons. The maximum Gasteiger partial charge on any atom is 0.308 e. The molecule has 1 aromatic heterocycles. The van der Waals surface area contributed by atoms with Gasteiger partial charge in [0.25, 0.3) is 0 Å². The van der Waals surface area contributed by atoms with Gasteiger partial charge in [0.2, 0.25) is 0 Å². The number of hydrogen-bond donors (Lipinski definition) is 1. The molecule has 0 amide bonds. The number of benzene rings is 1. The number of carbonyl (C=O) groups excluding carboxylic acids is 1. The Balaban J connectivity index is 1.37. The molecule has 1 aliphatic heterocycles. The first-order chi connectivity index (χ1) is 14.9. The summed E-state index contributed by atoms with van der Waals surface area (Å²) >= 11 is 0. The SMILES string of the molecule is COC(=O)C1CCN(C[C@H](O)COc2ccc(CN(C)Cc3nonc3C)cc2)CC1. The third-order valence-electron chi connectivity index (χ3n) is 5.58. The molecule has 1 fully saturated rings. The molecule has 1 atom stereocenters. The molecule has 3 rings (SSSR count). The first kappa shape index (κ1) is 23.2. The van der Waals surface area contributed by atoms with Crippen LogP contribution in [0, 0.1) is 12.8 Å². The molecular weight excluding hydrogens is 400 g/mol. The fourth-order valence-corrected chi connectivity index (χ4v) is 3.77. The lowest BCUT2D eigenvalue weighted by Crippen LogP contribution is -2.42. The Kier molecular flexibility index (Phi) is 8.39. The highest BCUT2D eigenvalue weighted by Gasteiger charge is 2.26. The Labute approximate surface area is 182 Å². The van der Waals surface area contributed by atoms with Gasteiger partial charge in [-0.25, -0.2) is 4.63 Å². The number of hydrogen-bond acceptors (Lipinski definition) is 9. The van der Waals surface area contributed by atoms with Gasteiger partial charge in [-0.3, -0.25) is 9.69 Å². The molecule has 2 heterocycles. The van der Waals surface area contributed by atoms with Crippen molar-refractivity contribution in [2.24, 2.45) is 5.92 Å². The highest BCUT2D eigenvalue weighted by atomic mass is 16.6. The fourth-order valence-electron chi connectivity index (χ4n) is 3.77. The second kappa shape index (κ2) is 11.2. The van der Waals surface area contributed by atoms with Crippen molar-refractivity contribution in [2.75, 3.05) is 40.4 Å². The number of aryl methyl sites for hydroxylation is 1. The van der Waals surface area contributed by atoms with Crippen molar-refractivity contribution in [2.45, 2.75) is 39.0 Å². The Morgan fingerprint density at radius 1 is 1.26 bits per heavy atom. The van der Waals surface area contributed by atoms with E-state index in [1.165, 1.54) is 7.11 Å². The molecular formula is C22H32N4O5. The van der Waals surface area contributed by atoms with Gasteiger partial charge in [-0.1, -0.05) is 22.4 Å². The Bertz CT molecular complexity index is 818. The Morgan fingerprint density at radius 2 is 1.97 bits per heavy atom. The number of methoxy groups -OCH3 is 1. The predicted molar refractivity (Wildman–Crippen MR) is 113 cm³/mol. The van der Waals surface area contributed by atoms with Crippen molar-refractivity contribution in [3.05, 3.63) is 41.2 Å². The highest BCUT2D eigenvalue weighted by Crippen LogP contribution is 2.19. The number of piperidine rings is 1. The van der Waals surface area contributed by atoms with Gasteiger partial charge in [0, 0.05) is 19.6 Å². The molecule has 0 radical (unpaired) electrons. The summed E-state index contributed by atoms with van der Waals surface area (Å²) in [7, 11) is 3.45. The predicted octanol–water partition coefficient (Wildman–Crippen LogP) is 1.63. The summed E-state index contributed by atoms with van der Waals surface area (Å²) in [5.74, 6) is 0.568. The molecule has 1 N–H and O–H groups in total. The largest absolute Gasteiger partial charge is 0.491 e. The normalized spacial score (nSPS) is 16.4. The molecule has 0 spiro atoms. The zero-order valence-corrected chi connectivity index (χ0v) is 18.5. The van der Waals surface area contributed by atoms with Gasteiger partial charge in [0.1, 0.15) is 29.8 Å².